The van der Waals surface area contributed by atoms with Gasteiger partial charge >= 0.3 is 5.97 Å². The van der Waals surface area contributed by atoms with Crippen LogP contribution in [0.15, 0.2) is 48.5 Å². The van der Waals surface area contributed by atoms with Crippen molar-refractivity contribution in [2.45, 2.75) is 13.0 Å². The molecule has 3 aromatic rings. The number of carbonyl (C=O) groups is 2. The molecule has 2 aromatic carbocycles. The van der Waals surface area contributed by atoms with Crippen molar-refractivity contribution in [3.63, 3.8) is 0 Å². The summed E-state index contributed by atoms with van der Waals surface area (Å²) >= 11 is 6.10. The van der Waals surface area contributed by atoms with Crippen molar-refractivity contribution in [2.24, 2.45) is 0 Å². The fraction of sp³-hybridized carbons (Fsp3) is 0.167. The van der Waals surface area contributed by atoms with Gasteiger partial charge in [-0.1, -0.05) is 48.0 Å². The number of aromatic nitrogens is 2. The van der Waals surface area contributed by atoms with E-state index in [2.05, 4.69) is 15.5 Å². The summed E-state index contributed by atoms with van der Waals surface area (Å²) < 4.78 is 5.06. The zero-order chi connectivity index (χ0) is 17.8. The van der Waals surface area contributed by atoms with E-state index in [4.69, 9.17) is 16.3 Å². The largest absolute Gasteiger partial charge is 0.451 e. The number of nitrogens with one attached hydrogen (secondary N) is 2. The van der Waals surface area contributed by atoms with Crippen LogP contribution in [0.4, 0.5) is 0 Å². The fourth-order valence-corrected chi connectivity index (χ4v) is 2.81. The monoisotopic (exact) mass is 357 g/mol. The number of hydrogen-bond acceptors (Lipinski definition) is 4. The van der Waals surface area contributed by atoms with Gasteiger partial charge in [0.1, 0.15) is 0 Å². The van der Waals surface area contributed by atoms with Crippen molar-refractivity contribution in [3.05, 3.63) is 64.8 Å². The van der Waals surface area contributed by atoms with Crippen molar-refractivity contribution in [2.75, 3.05) is 6.61 Å². The van der Waals surface area contributed by atoms with Crippen LogP contribution in [0.1, 0.15) is 29.0 Å². The molecule has 128 valence electrons. The first kappa shape index (κ1) is 17.0. The lowest BCUT2D eigenvalue weighted by Gasteiger charge is -2.15. The molecule has 2 N–H and O–H groups in total. The van der Waals surface area contributed by atoms with Gasteiger partial charge in [-0.05, 0) is 24.6 Å². The predicted molar refractivity (Wildman–Crippen MR) is 94.4 cm³/mol. The van der Waals surface area contributed by atoms with Gasteiger partial charge in [0.15, 0.2) is 12.3 Å². The van der Waals surface area contributed by atoms with E-state index in [1.165, 1.54) is 0 Å². The van der Waals surface area contributed by atoms with Crippen LogP contribution in [0.5, 0.6) is 0 Å². The van der Waals surface area contributed by atoms with Gasteiger partial charge in [-0.2, -0.15) is 5.10 Å². The van der Waals surface area contributed by atoms with Crippen LogP contribution >= 0.6 is 11.6 Å². The summed E-state index contributed by atoms with van der Waals surface area (Å²) in [7, 11) is 0. The number of fused-ring (bicyclic) bond motifs is 1. The molecule has 0 aliphatic rings. The molecule has 0 aliphatic heterocycles. The highest BCUT2D eigenvalue weighted by molar-refractivity contribution is 6.31. The van der Waals surface area contributed by atoms with E-state index in [1.54, 1.807) is 24.3 Å². The summed E-state index contributed by atoms with van der Waals surface area (Å²) in [4.78, 5) is 24.1. The molecule has 1 amide bonds. The van der Waals surface area contributed by atoms with Gasteiger partial charge in [-0.3, -0.25) is 9.89 Å². The molecule has 0 aliphatic carbocycles. The number of H-pyrrole nitrogens is 1. The molecular formula is C18H16ClN3O3. The first-order valence-corrected chi connectivity index (χ1v) is 8.08. The van der Waals surface area contributed by atoms with Gasteiger partial charge in [0.25, 0.3) is 5.91 Å². The standard InChI is InChI=1S/C18H16ClN3O3/c1-11(12-6-2-4-8-14(12)19)20-16(23)10-25-18(24)17-13-7-3-5-9-15(13)21-22-17/h2-9,11H,10H2,1H3,(H,20,23)(H,21,22)/t11-/m1/s1. The summed E-state index contributed by atoms with van der Waals surface area (Å²) in [5.41, 5.74) is 1.68. The van der Waals surface area contributed by atoms with E-state index in [-0.39, 0.29) is 11.7 Å². The highest BCUT2D eigenvalue weighted by atomic mass is 35.5. The molecule has 0 saturated carbocycles. The fourth-order valence-electron chi connectivity index (χ4n) is 2.51. The molecule has 0 bridgehead atoms. The zero-order valence-corrected chi connectivity index (χ0v) is 14.2. The molecule has 6 nitrogen and oxygen atoms in total. The molecular weight excluding hydrogens is 342 g/mol. The summed E-state index contributed by atoms with van der Waals surface area (Å²) in [5.74, 6) is -1.07. The first-order valence-electron chi connectivity index (χ1n) is 7.70. The average molecular weight is 358 g/mol. The maximum atomic E-state index is 12.1. The minimum atomic E-state index is -0.655. The summed E-state index contributed by atoms with van der Waals surface area (Å²) in [6.07, 6.45) is 0. The third kappa shape index (κ3) is 3.80. The number of para-hydroxylation sites is 1. The van der Waals surface area contributed by atoms with E-state index in [0.717, 1.165) is 11.1 Å². The number of benzene rings is 2. The Bertz CT molecular complexity index is 923. The molecule has 0 unspecified atom stereocenters. The maximum Gasteiger partial charge on any atom is 0.359 e. The van der Waals surface area contributed by atoms with E-state index in [1.807, 2.05) is 31.2 Å². The van der Waals surface area contributed by atoms with E-state index < -0.39 is 18.5 Å². The van der Waals surface area contributed by atoms with Crippen LogP contribution in [0.3, 0.4) is 0 Å². The molecule has 1 aromatic heterocycles. The predicted octanol–water partition coefficient (Wildman–Crippen LogP) is 3.25. The van der Waals surface area contributed by atoms with Crippen LogP contribution in [-0.4, -0.2) is 28.7 Å². The van der Waals surface area contributed by atoms with Crippen molar-refractivity contribution in [3.8, 4) is 0 Å². The Labute approximate surface area is 149 Å². The Morgan fingerprint density at radius 1 is 1.20 bits per heavy atom. The quantitative estimate of drug-likeness (QED) is 0.686. The maximum absolute atomic E-state index is 12.1. The molecule has 0 spiro atoms. The SMILES string of the molecule is C[C@@H](NC(=O)COC(=O)c1n[nH]c2ccccc12)c1ccccc1Cl. The second-order valence-corrected chi connectivity index (χ2v) is 5.91. The molecule has 1 heterocycles. The van der Waals surface area contributed by atoms with Gasteiger partial charge in [0, 0.05) is 10.4 Å². The molecule has 0 saturated heterocycles. The number of ether oxygens (including phenoxy) is 1. The molecule has 3 rings (SSSR count). The molecule has 0 fully saturated rings. The number of hydrogen-bond donors (Lipinski definition) is 2. The second-order valence-electron chi connectivity index (χ2n) is 5.50. The summed E-state index contributed by atoms with van der Waals surface area (Å²) in [6.45, 7) is 1.41. The molecule has 1 atom stereocenters. The van der Waals surface area contributed by atoms with Gasteiger partial charge in [-0.25, -0.2) is 4.79 Å². The Morgan fingerprint density at radius 3 is 2.72 bits per heavy atom. The Hall–Kier alpha value is -2.86. The number of halogens is 1. The smallest absolute Gasteiger partial charge is 0.359 e. The van der Waals surface area contributed by atoms with Crippen LogP contribution in [0, 0.1) is 0 Å². The van der Waals surface area contributed by atoms with Gasteiger partial charge in [-0.15, -0.1) is 0 Å². The Balaban J connectivity index is 1.59. The number of amides is 1. The summed E-state index contributed by atoms with van der Waals surface area (Å²) in [5, 5.41) is 10.7. The number of esters is 1. The minimum Gasteiger partial charge on any atom is -0.451 e. The van der Waals surface area contributed by atoms with Crippen molar-refractivity contribution >= 4 is 34.4 Å². The first-order chi connectivity index (χ1) is 12.1. The number of rotatable bonds is 5. The van der Waals surface area contributed by atoms with E-state index >= 15 is 0 Å². The van der Waals surface area contributed by atoms with Gasteiger partial charge < -0.3 is 10.1 Å². The second kappa shape index (κ2) is 7.36. The van der Waals surface area contributed by atoms with Crippen LogP contribution in [-0.2, 0) is 9.53 Å². The van der Waals surface area contributed by atoms with Crippen LogP contribution in [0.2, 0.25) is 5.02 Å². The third-order valence-corrected chi connectivity index (χ3v) is 4.09. The number of nitrogens with zero attached hydrogens (tertiary/aromatic N) is 1. The topological polar surface area (TPSA) is 84.1 Å². The Morgan fingerprint density at radius 2 is 1.92 bits per heavy atom. The Kier molecular flexibility index (Phi) is 5.00. The van der Waals surface area contributed by atoms with Gasteiger partial charge in [0.2, 0.25) is 0 Å². The van der Waals surface area contributed by atoms with Crippen molar-refractivity contribution in [1.29, 1.82) is 0 Å². The minimum absolute atomic E-state index is 0.155. The lowest BCUT2D eigenvalue weighted by Crippen LogP contribution is -2.31. The molecule has 25 heavy (non-hydrogen) atoms. The lowest BCUT2D eigenvalue weighted by molar-refractivity contribution is -0.124. The summed E-state index contributed by atoms with van der Waals surface area (Å²) in [6, 6.07) is 14.1. The van der Waals surface area contributed by atoms with Crippen molar-refractivity contribution in [1.82, 2.24) is 15.5 Å². The lowest BCUT2D eigenvalue weighted by atomic mass is 10.1. The normalized spacial score (nSPS) is 11.9. The average Bonchev–Trinajstić information content (AvgIpc) is 3.04. The highest BCUT2D eigenvalue weighted by Gasteiger charge is 2.18. The molecule has 0 radical (unpaired) electrons. The van der Waals surface area contributed by atoms with E-state index in [0.29, 0.717) is 10.4 Å². The zero-order valence-electron chi connectivity index (χ0n) is 13.5. The van der Waals surface area contributed by atoms with Crippen molar-refractivity contribution < 1.29 is 14.3 Å². The van der Waals surface area contributed by atoms with Gasteiger partial charge in [0.05, 0.1) is 11.6 Å². The number of aromatic amines is 1. The highest BCUT2D eigenvalue weighted by Crippen LogP contribution is 2.22. The van der Waals surface area contributed by atoms with Crippen LogP contribution in [0.25, 0.3) is 10.9 Å². The number of carbonyl (C=O) groups excluding carboxylic acids is 2. The third-order valence-electron chi connectivity index (χ3n) is 3.75. The van der Waals surface area contributed by atoms with E-state index in [9.17, 15) is 9.59 Å². The molecule has 7 heteroatoms. The van der Waals surface area contributed by atoms with Crippen LogP contribution < -0.4 is 5.32 Å².